The Labute approximate surface area is 147 Å². The number of hydrogen-bond acceptors (Lipinski definition) is 4. The van der Waals surface area contributed by atoms with Crippen LogP contribution in [0.3, 0.4) is 0 Å². The van der Waals surface area contributed by atoms with Gasteiger partial charge in [-0.05, 0) is 73.6 Å². The third kappa shape index (κ3) is 5.35. The summed E-state index contributed by atoms with van der Waals surface area (Å²) in [5.74, 6) is 0. The molecule has 2 aliphatic rings. The fourth-order valence-electron chi connectivity index (χ4n) is 3.74. The predicted molar refractivity (Wildman–Crippen MR) is 98.3 cm³/mol. The molecule has 0 aromatic rings. The fraction of sp³-hybridized carbons (Fsp3) is 0.947. The normalized spacial score (nSPS) is 23.9. The Bertz CT molecular complexity index is 433. The van der Waals surface area contributed by atoms with Gasteiger partial charge in [0, 0.05) is 36.8 Å². The van der Waals surface area contributed by atoms with Gasteiger partial charge in [-0.1, -0.05) is 0 Å². The number of amides is 1. The molecule has 1 amide bonds. The van der Waals surface area contributed by atoms with E-state index in [1.807, 2.05) is 25.7 Å². The first-order valence-corrected chi connectivity index (χ1v) is 9.50. The lowest BCUT2D eigenvalue weighted by Crippen LogP contribution is -2.63. The predicted octanol–water partition coefficient (Wildman–Crippen LogP) is 3.29. The minimum atomic E-state index is -0.421. The van der Waals surface area contributed by atoms with Gasteiger partial charge in [0.15, 0.2) is 0 Å². The van der Waals surface area contributed by atoms with Gasteiger partial charge in [-0.3, -0.25) is 0 Å². The second kappa shape index (κ2) is 7.20. The summed E-state index contributed by atoms with van der Waals surface area (Å²) in [6.45, 7) is 15.1. The average Bonchev–Trinajstić information content (AvgIpc) is 2.38. The molecule has 1 saturated carbocycles. The molecule has 0 aromatic carbocycles. The van der Waals surface area contributed by atoms with Crippen LogP contribution in [0.5, 0.6) is 0 Å². The van der Waals surface area contributed by atoms with E-state index in [4.69, 9.17) is 4.74 Å². The zero-order chi connectivity index (χ0) is 18.0. The Morgan fingerprint density at radius 2 is 1.83 bits per heavy atom. The van der Waals surface area contributed by atoms with Gasteiger partial charge < -0.3 is 20.3 Å². The first-order chi connectivity index (χ1) is 11.0. The van der Waals surface area contributed by atoms with Crippen molar-refractivity contribution in [2.75, 3.05) is 19.6 Å². The number of nitrogens with one attached hydrogen (secondary N) is 2. The summed E-state index contributed by atoms with van der Waals surface area (Å²) in [5, 5.41) is 7.20. The summed E-state index contributed by atoms with van der Waals surface area (Å²) in [6.07, 6.45) is 5.39. The lowest BCUT2D eigenvalue weighted by atomic mass is 9.69. The number of likely N-dealkylation sites (tertiary alicyclic amines) is 1. The second-order valence-electron chi connectivity index (χ2n) is 9.53. The van der Waals surface area contributed by atoms with Crippen molar-refractivity contribution in [2.45, 2.75) is 96.4 Å². The van der Waals surface area contributed by atoms with Crippen LogP contribution < -0.4 is 10.6 Å². The first kappa shape index (κ1) is 19.5. The number of carbonyl (C=O) groups is 1. The van der Waals surface area contributed by atoms with Crippen LogP contribution in [-0.4, -0.2) is 53.3 Å². The van der Waals surface area contributed by atoms with Gasteiger partial charge in [0.05, 0.1) is 0 Å². The number of nitrogens with zero attached hydrogens (tertiary/aromatic N) is 1. The van der Waals surface area contributed by atoms with Crippen molar-refractivity contribution in [3.8, 4) is 0 Å². The molecule has 5 nitrogen and oxygen atoms in total. The molecule has 1 unspecified atom stereocenters. The second-order valence-corrected chi connectivity index (χ2v) is 9.53. The van der Waals surface area contributed by atoms with E-state index < -0.39 is 5.60 Å². The molecule has 24 heavy (non-hydrogen) atoms. The van der Waals surface area contributed by atoms with Crippen LogP contribution in [0.1, 0.15) is 73.6 Å². The zero-order valence-electron chi connectivity index (χ0n) is 16.5. The number of rotatable bonds is 4. The van der Waals surface area contributed by atoms with Crippen molar-refractivity contribution in [3.63, 3.8) is 0 Å². The third-order valence-corrected chi connectivity index (χ3v) is 5.01. The summed E-state index contributed by atoms with van der Waals surface area (Å²) in [7, 11) is 0. The zero-order valence-corrected chi connectivity index (χ0v) is 16.5. The monoisotopic (exact) mass is 339 g/mol. The first-order valence-electron chi connectivity index (χ1n) is 9.50. The number of hydrogen-bond donors (Lipinski definition) is 2. The maximum atomic E-state index is 12.6. The van der Waals surface area contributed by atoms with Crippen molar-refractivity contribution in [1.29, 1.82) is 0 Å². The smallest absolute Gasteiger partial charge is 0.410 e. The number of ether oxygens (including phenoxy) is 1. The van der Waals surface area contributed by atoms with Gasteiger partial charge >= 0.3 is 6.09 Å². The van der Waals surface area contributed by atoms with Crippen molar-refractivity contribution < 1.29 is 9.53 Å². The minimum Gasteiger partial charge on any atom is -0.444 e. The lowest BCUT2D eigenvalue weighted by Gasteiger charge is -2.55. The Morgan fingerprint density at radius 3 is 2.33 bits per heavy atom. The molecule has 1 saturated heterocycles. The molecular weight excluding hydrogens is 302 g/mol. The Kier molecular flexibility index (Phi) is 5.86. The Hall–Kier alpha value is -0.810. The molecule has 0 aromatic heterocycles. The molecule has 0 bridgehead atoms. The van der Waals surface area contributed by atoms with E-state index in [0.717, 1.165) is 45.3 Å². The van der Waals surface area contributed by atoms with E-state index in [-0.39, 0.29) is 17.2 Å². The highest BCUT2D eigenvalue weighted by molar-refractivity contribution is 5.69. The average molecular weight is 340 g/mol. The van der Waals surface area contributed by atoms with Crippen LogP contribution in [-0.2, 0) is 4.74 Å². The van der Waals surface area contributed by atoms with Gasteiger partial charge in [-0.15, -0.1) is 0 Å². The minimum absolute atomic E-state index is 0.0374. The molecule has 1 aliphatic carbocycles. The van der Waals surface area contributed by atoms with E-state index in [2.05, 4.69) is 31.4 Å². The van der Waals surface area contributed by atoms with Crippen LogP contribution in [0, 0.1) is 0 Å². The van der Waals surface area contributed by atoms with E-state index in [1.54, 1.807) is 0 Å². The fourth-order valence-corrected chi connectivity index (χ4v) is 3.74. The highest BCUT2D eigenvalue weighted by Crippen LogP contribution is 2.45. The standard InChI is InChI=1S/C19H37N3O2/c1-17(2,3)21-12-11-20-15-8-13-22(16(23)24-18(4,5)6)19(14-15)9-7-10-19/h15,20-21H,7-14H2,1-6H3. The molecule has 140 valence electrons. The third-order valence-electron chi connectivity index (χ3n) is 5.01. The summed E-state index contributed by atoms with van der Waals surface area (Å²) in [5.41, 5.74) is -0.220. The molecule has 5 heteroatoms. The SMILES string of the molecule is CC(C)(C)NCCNC1CCN(C(=O)OC(C)(C)C)C2(CCC2)C1. The van der Waals surface area contributed by atoms with Crippen LogP contribution in [0.4, 0.5) is 4.79 Å². The molecule has 1 spiro atoms. The molecular formula is C19H37N3O2. The van der Waals surface area contributed by atoms with Gasteiger partial charge in [-0.2, -0.15) is 0 Å². The van der Waals surface area contributed by atoms with Gasteiger partial charge in [-0.25, -0.2) is 4.79 Å². The largest absolute Gasteiger partial charge is 0.444 e. The van der Waals surface area contributed by atoms with Crippen molar-refractivity contribution >= 4 is 6.09 Å². The molecule has 2 fully saturated rings. The highest BCUT2D eigenvalue weighted by atomic mass is 16.6. The van der Waals surface area contributed by atoms with E-state index in [0.29, 0.717) is 6.04 Å². The molecule has 1 heterocycles. The van der Waals surface area contributed by atoms with E-state index in [1.165, 1.54) is 6.42 Å². The van der Waals surface area contributed by atoms with Crippen LogP contribution in [0.25, 0.3) is 0 Å². The molecule has 2 rings (SSSR count). The quantitative estimate of drug-likeness (QED) is 0.772. The summed E-state index contributed by atoms with van der Waals surface area (Å²) in [6, 6.07) is 0.505. The Morgan fingerprint density at radius 1 is 1.17 bits per heavy atom. The van der Waals surface area contributed by atoms with Crippen LogP contribution >= 0.6 is 0 Å². The maximum absolute atomic E-state index is 12.6. The molecule has 1 aliphatic heterocycles. The lowest BCUT2D eigenvalue weighted by molar-refractivity contribution is -0.0492. The van der Waals surface area contributed by atoms with Crippen molar-refractivity contribution in [1.82, 2.24) is 15.5 Å². The summed E-state index contributed by atoms with van der Waals surface area (Å²) in [4.78, 5) is 14.6. The number of piperidine rings is 1. The van der Waals surface area contributed by atoms with Gasteiger partial charge in [0.1, 0.15) is 5.60 Å². The van der Waals surface area contributed by atoms with Gasteiger partial charge in [0.2, 0.25) is 0 Å². The molecule has 1 atom stereocenters. The molecule has 0 radical (unpaired) electrons. The van der Waals surface area contributed by atoms with Crippen LogP contribution in [0.2, 0.25) is 0 Å². The highest BCUT2D eigenvalue weighted by Gasteiger charge is 2.49. The summed E-state index contributed by atoms with van der Waals surface area (Å²) >= 11 is 0. The summed E-state index contributed by atoms with van der Waals surface area (Å²) < 4.78 is 5.64. The number of carbonyl (C=O) groups excluding carboxylic acids is 1. The molecule has 2 N–H and O–H groups in total. The van der Waals surface area contributed by atoms with Crippen molar-refractivity contribution in [2.24, 2.45) is 0 Å². The maximum Gasteiger partial charge on any atom is 0.410 e. The van der Waals surface area contributed by atoms with Crippen molar-refractivity contribution in [3.05, 3.63) is 0 Å². The van der Waals surface area contributed by atoms with E-state index in [9.17, 15) is 4.79 Å². The van der Waals surface area contributed by atoms with E-state index >= 15 is 0 Å². The van der Waals surface area contributed by atoms with Crippen LogP contribution in [0.15, 0.2) is 0 Å². The topological polar surface area (TPSA) is 53.6 Å². The van der Waals surface area contributed by atoms with Gasteiger partial charge in [0.25, 0.3) is 0 Å². The Balaban J connectivity index is 1.85.